The van der Waals surface area contributed by atoms with Gasteiger partial charge in [0.1, 0.15) is 0 Å². The van der Waals surface area contributed by atoms with E-state index in [1.165, 1.54) is 7.11 Å². The van der Waals surface area contributed by atoms with Crippen molar-refractivity contribution in [2.24, 2.45) is 0 Å². The third-order valence-electron chi connectivity index (χ3n) is 2.80. The van der Waals surface area contributed by atoms with E-state index in [1.807, 2.05) is 0 Å². The Balaban J connectivity index is 2.41. The lowest BCUT2D eigenvalue weighted by Gasteiger charge is -2.28. The minimum Gasteiger partial charge on any atom is -0.383 e. The summed E-state index contributed by atoms with van der Waals surface area (Å²) in [5, 5.41) is 2.14. The smallest absolute Gasteiger partial charge is 0.383 e. The molecule has 8 heteroatoms. The van der Waals surface area contributed by atoms with Crippen LogP contribution in [0.5, 0.6) is 0 Å². The number of carbonyl (C=O) groups is 1. The van der Waals surface area contributed by atoms with Gasteiger partial charge in [0.2, 0.25) is 5.91 Å². The number of ether oxygens (including phenoxy) is 1. The summed E-state index contributed by atoms with van der Waals surface area (Å²) < 4.78 is 40.9. The number of alkyl halides is 3. The average Bonchev–Trinajstić information content (AvgIpc) is 2.81. The van der Waals surface area contributed by atoms with Crippen molar-refractivity contribution in [3.8, 4) is 0 Å². The molecule has 1 amide bonds. The summed E-state index contributed by atoms with van der Waals surface area (Å²) in [6.07, 6.45) is -3.40. The highest BCUT2D eigenvalue weighted by atomic mass is 32.2. The summed E-state index contributed by atoms with van der Waals surface area (Å²) in [7, 11) is 1.54. The Morgan fingerprint density at radius 2 is 2.26 bits per heavy atom. The van der Waals surface area contributed by atoms with Gasteiger partial charge in [-0.15, -0.1) is 0 Å². The molecular weight excluding hydrogens is 281 g/mol. The van der Waals surface area contributed by atoms with E-state index in [4.69, 9.17) is 4.74 Å². The quantitative estimate of drug-likeness (QED) is 0.765. The average molecular weight is 300 g/mol. The number of nitrogens with one attached hydrogen (secondary N) is 1. The molecule has 1 rings (SSSR count). The number of thioether (sulfide) groups is 1. The molecule has 0 aliphatic carbocycles. The Bertz CT molecular complexity index is 284. The maximum atomic E-state index is 12.0. The number of nitrogens with zero attached hydrogens (tertiary/aromatic N) is 1. The SMILES string of the molecule is COCCN(C(=O)CNCC(F)(F)F)C1CCSC1. The Hall–Kier alpha value is -0.470. The van der Waals surface area contributed by atoms with Gasteiger partial charge in [0.15, 0.2) is 0 Å². The van der Waals surface area contributed by atoms with Crippen molar-refractivity contribution in [3.63, 3.8) is 0 Å². The zero-order chi connectivity index (χ0) is 14.3. The Morgan fingerprint density at radius 1 is 1.53 bits per heavy atom. The maximum absolute atomic E-state index is 12.0. The zero-order valence-corrected chi connectivity index (χ0v) is 11.6. The molecule has 0 aromatic rings. The van der Waals surface area contributed by atoms with Gasteiger partial charge in [-0.05, 0) is 12.2 Å². The van der Waals surface area contributed by atoms with Gasteiger partial charge in [-0.1, -0.05) is 0 Å². The van der Waals surface area contributed by atoms with Gasteiger partial charge in [0, 0.05) is 25.4 Å². The molecule has 1 aliphatic rings. The molecule has 0 bridgehead atoms. The van der Waals surface area contributed by atoms with Gasteiger partial charge < -0.3 is 15.0 Å². The van der Waals surface area contributed by atoms with Gasteiger partial charge in [-0.2, -0.15) is 24.9 Å². The highest BCUT2D eigenvalue weighted by molar-refractivity contribution is 7.99. The lowest BCUT2D eigenvalue weighted by molar-refractivity contribution is -0.136. The molecule has 4 nitrogen and oxygen atoms in total. The maximum Gasteiger partial charge on any atom is 0.401 e. The third-order valence-corrected chi connectivity index (χ3v) is 3.95. The Morgan fingerprint density at radius 3 is 2.79 bits per heavy atom. The van der Waals surface area contributed by atoms with Crippen molar-refractivity contribution < 1.29 is 22.7 Å². The first-order valence-corrected chi connectivity index (χ1v) is 7.23. The Kier molecular flexibility index (Phi) is 6.95. The first kappa shape index (κ1) is 16.6. The van der Waals surface area contributed by atoms with Crippen molar-refractivity contribution in [3.05, 3.63) is 0 Å². The second-order valence-electron chi connectivity index (χ2n) is 4.32. The molecular formula is C11H19F3N2O2S. The predicted molar refractivity (Wildman–Crippen MR) is 68.2 cm³/mol. The number of hydrogen-bond donors (Lipinski definition) is 1. The topological polar surface area (TPSA) is 41.6 Å². The summed E-state index contributed by atoms with van der Waals surface area (Å²) in [6, 6.07) is 0.111. The first-order valence-electron chi connectivity index (χ1n) is 6.07. The summed E-state index contributed by atoms with van der Waals surface area (Å²) in [5.41, 5.74) is 0. The normalized spacial score (nSPS) is 19.7. The second kappa shape index (κ2) is 7.96. The molecule has 1 N–H and O–H groups in total. The molecule has 1 fully saturated rings. The molecule has 1 saturated heterocycles. The molecule has 1 heterocycles. The van der Waals surface area contributed by atoms with Crippen LogP contribution in [-0.4, -0.2) is 67.9 Å². The monoisotopic (exact) mass is 300 g/mol. The van der Waals surface area contributed by atoms with E-state index in [0.29, 0.717) is 13.2 Å². The number of carbonyl (C=O) groups excluding carboxylic acids is 1. The van der Waals surface area contributed by atoms with Crippen LogP contribution in [0, 0.1) is 0 Å². The minimum atomic E-state index is -4.29. The second-order valence-corrected chi connectivity index (χ2v) is 5.47. The number of hydrogen-bond acceptors (Lipinski definition) is 4. The van der Waals surface area contributed by atoms with Crippen LogP contribution in [0.25, 0.3) is 0 Å². The van der Waals surface area contributed by atoms with Crippen molar-refractivity contribution in [1.82, 2.24) is 10.2 Å². The molecule has 0 saturated carbocycles. The van der Waals surface area contributed by atoms with E-state index in [0.717, 1.165) is 17.9 Å². The highest BCUT2D eigenvalue weighted by Crippen LogP contribution is 2.22. The van der Waals surface area contributed by atoms with Gasteiger partial charge in [0.25, 0.3) is 0 Å². The predicted octanol–water partition coefficient (Wildman–Crippen LogP) is 1.12. The molecule has 0 aromatic carbocycles. The summed E-state index contributed by atoms with van der Waals surface area (Å²) in [6.45, 7) is -0.610. The van der Waals surface area contributed by atoms with E-state index < -0.39 is 12.7 Å². The zero-order valence-electron chi connectivity index (χ0n) is 10.8. The van der Waals surface area contributed by atoms with Gasteiger partial charge in [0.05, 0.1) is 19.7 Å². The molecule has 0 radical (unpaired) electrons. The number of amides is 1. The van der Waals surface area contributed by atoms with Gasteiger partial charge in [-0.3, -0.25) is 4.79 Å². The molecule has 1 aliphatic heterocycles. The van der Waals surface area contributed by atoms with Gasteiger partial charge >= 0.3 is 6.18 Å². The number of halogens is 3. The van der Waals surface area contributed by atoms with Crippen LogP contribution in [0.15, 0.2) is 0 Å². The Labute approximate surface area is 115 Å². The van der Waals surface area contributed by atoms with Crippen LogP contribution >= 0.6 is 11.8 Å². The third kappa shape index (κ3) is 6.49. The minimum absolute atomic E-state index is 0.111. The van der Waals surface area contributed by atoms with Crippen LogP contribution in [0.1, 0.15) is 6.42 Å². The highest BCUT2D eigenvalue weighted by Gasteiger charge is 2.29. The lowest BCUT2D eigenvalue weighted by Crippen LogP contribution is -2.47. The molecule has 112 valence electrons. The van der Waals surface area contributed by atoms with Crippen LogP contribution < -0.4 is 5.32 Å². The summed E-state index contributed by atoms with van der Waals surface area (Å²) >= 11 is 1.75. The van der Waals surface area contributed by atoms with Crippen LogP contribution in [0.3, 0.4) is 0 Å². The van der Waals surface area contributed by atoms with Crippen molar-refractivity contribution in [2.45, 2.75) is 18.6 Å². The first-order chi connectivity index (χ1) is 8.94. The fourth-order valence-electron chi connectivity index (χ4n) is 1.88. The fraction of sp³-hybridized carbons (Fsp3) is 0.909. The standard InChI is InChI=1S/C11H19F3N2O2S/c1-18-4-3-16(9-2-5-19-7-9)10(17)6-15-8-11(12,13)14/h9,15H,2-8H2,1H3. The fourth-order valence-corrected chi connectivity index (χ4v) is 3.11. The van der Waals surface area contributed by atoms with Crippen LogP contribution in [0.2, 0.25) is 0 Å². The largest absolute Gasteiger partial charge is 0.401 e. The van der Waals surface area contributed by atoms with Crippen molar-refractivity contribution in [2.75, 3.05) is 44.9 Å². The molecule has 1 unspecified atom stereocenters. The van der Waals surface area contributed by atoms with Crippen LogP contribution in [-0.2, 0) is 9.53 Å². The molecule has 0 aromatic heterocycles. The molecule has 1 atom stereocenters. The van der Waals surface area contributed by atoms with Gasteiger partial charge in [-0.25, -0.2) is 0 Å². The van der Waals surface area contributed by atoms with E-state index in [1.54, 1.807) is 16.7 Å². The van der Waals surface area contributed by atoms with E-state index in [2.05, 4.69) is 5.32 Å². The number of methoxy groups -OCH3 is 1. The summed E-state index contributed by atoms with van der Waals surface area (Å²) in [4.78, 5) is 13.6. The number of rotatable bonds is 7. The van der Waals surface area contributed by atoms with Crippen molar-refractivity contribution in [1.29, 1.82) is 0 Å². The van der Waals surface area contributed by atoms with E-state index in [-0.39, 0.29) is 18.5 Å². The van der Waals surface area contributed by atoms with E-state index in [9.17, 15) is 18.0 Å². The molecule has 19 heavy (non-hydrogen) atoms. The van der Waals surface area contributed by atoms with Crippen molar-refractivity contribution >= 4 is 17.7 Å². The summed E-state index contributed by atoms with van der Waals surface area (Å²) in [5.74, 6) is 1.53. The molecule has 0 spiro atoms. The van der Waals surface area contributed by atoms with E-state index >= 15 is 0 Å². The lowest BCUT2D eigenvalue weighted by atomic mass is 10.2. The van der Waals surface area contributed by atoms with Crippen LogP contribution in [0.4, 0.5) is 13.2 Å².